The van der Waals surface area contributed by atoms with Crippen LogP contribution >= 0.6 is 0 Å². The van der Waals surface area contributed by atoms with Gasteiger partial charge in [-0.25, -0.2) is 5.01 Å². The van der Waals surface area contributed by atoms with Crippen LogP contribution in [0.2, 0.25) is 0 Å². The van der Waals surface area contributed by atoms with Gasteiger partial charge in [0.25, 0.3) is 29.1 Å². The first-order chi connectivity index (χ1) is 17.2. The molecule has 0 N–H and O–H groups in total. The van der Waals surface area contributed by atoms with Crippen molar-refractivity contribution in [1.82, 2.24) is 10.0 Å². The predicted molar refractivity (Wildman–Crippen MR) is 121 cm³/mol. The largest absolute Gasteiger partial charge is 0.292 e. The van der Waals surface area contributed by atoms with Crippen LogP contribution in [0.1, 0.15) is 40.0 Å². The summed E-state index contributed by atoms with van der Waals surface area (Å²) in [6.45, 7) is -0.719. The van der Waals surface area contributed by atoms with E-state index in [1.54, 1.807) is 0 Å². The van der Waals surface area contributed by atoms with Gasteiger partial charge in [0, 0.05) is 35.4 Å². The number of benzene rings is 2. The Hall–Kier alpha value is -4.48. The van der Waals surface area contributed by atoms with Gasteiger partial charge in [-0.1, -0.05) is 12.1 Å². The van der Waals surface area contributed by atoms with E-state index in [0.717, 1.165) is 47.5 Å². The Morgan fingerprint density at radius 1 is 0.861 bits per heavy atom. The van der Waals surface area contributed by atoms with Gasteiger partial charge in [-0.15, -0.1) is 0 Å². The van der Waals surface area contributed by atoms with Crippen LogP contribution in [0.3, 0.4) is 0 Å². The first-order valence-corrected chi connectivity index (χ1v) is 11.4. The summed E-state index contributed by atoms with van der Waals surface area (Å²) in [5.41, 5.74) is -0.711. The number of Topliss-reactive ketones (excluding diaryl/α,β-unsaturated/α-hetero) is 1. The molecule has 2 aromatic carbocycles. The molecule has 2 aromatic rings. The number of nitro groups is 2. The first-order valence-electron chi connectivity index (χ1n) is 11.4. The standard InChI is InChI=1S/C24H20N4O8/c29-19(14-2-1-3-18(11-14)28(35)36)12-25(22(30)13-6-8-17(9-7-13)27(33)34)26-23(31)20-15-4-5-16(10-15)21(20)24(26)32/h1-3,6-9,11,15-16,20-21H,4-5,10,12H2/t15-,16-,20-,21+/m0/s1. The molecule has 1 aliphatic heterocycles. The van der Waals surface area contributed by atoms with Crippen molar-refractivity contribution in [2.45, 2.75) is 19.3 Å². The number of rotatable bonds is 7. The number of carbonyl (C=O) groups is 4. The number of non-ortho nitro benzene ring substituents is 2. The number of nitrogens with zero attached hydrogens (tertiary/aromatic N) is 4. The Balaban J connectivity index is 1.50. The monoisotopic (exact) mass is 492 g/mol. The van der Waals surface area contributed by atoms with Crippen molar-refractivity contribution < 1.29 is 29.0 Å². The third-order valence-corrected chi connectivity index (χ3v) is 7.38. The van der Waals surface area contributed by atoms with Gasteiger partial charge in [-0.3, -0.25) is 39.4 Å². The molecule has 0 spiro atoms. The van der Waals surface area contributed by atoms with Gasteiger partial charge in [0.05, 0.1) is 21.7 Å². The number of imide groups is 1. The third kappa shape index (κ3) is 3.70. The summed E-state index contributed by atoms with van der Waals surface area (Å²) in [7, 11) is 0. The van der Waals surface area contributed by atoms with E-state index in [1.165, 1.54) is 30.3 Å². The number of ketones is 1. The lowest BCUT2D eigenvalue weighted by Gasteiger charge is -2.30. The molecule has 36 heavy (non-hydrogen) atoms. The molecule has 5 rings (SSSR count). The van der Waals surface area contributed by atoms with Crippen molar-refractivity contribution in [3.8, 4) is 0 Å². The number of fused-ring (bicyclic) bond motifs is 5. The summed E-state index contributed by atoms with van der Waals surface area (Å²) < 4.78 is 0. The fourth-order valence-electron chi connectivity index (χ4n) is 5.76. The fourth-order valence-corrected chi connectivity index (χ4v) is 5.76. The lowest BCUT2D eigenvalue weighted by atomic mass is 9.81. The van der Waals surface area contributed by atoms with Crippen molar-refractivity contribution in [2.75, 3.05) is 6.54 Å². The minimum atomic E-state index is -0.863. The van der Waals surface area contributed by atoms with E-state index in [4.69, 9.17) is 0 Å². The molecule has 0 radical (unpaired) electrons. The van der Waals surface area contributed by atoms with Crippen LogP contribution in [0.15, 0.2) is 48.5 Å². The molecule has 1 saturated heterocycles. The van der Waals surface area contributed by atoms with Gasteiger partial charge in [0.15, 0.2) is 5.78 Å². The van der Waals surface area contributed by atoms with Gasteiger partial charge >= 0.3 is 0 Å². The maximum Gasteiger partial charge on any atom is 0.273 e. The Morgan fingerprint density at radius 3 is 2.00 bits per heavy atom. The summed E-state index contributed by atoms with van der Waals surface area (Å²) in [5.74, 6) is -3.66. The molecular weight excluding hydrogens is 472 g/mol. The molecule has 12 heteroatoms. The smallest absolute Gasteiger partial charge is 0.273 e. The SMILES string of the molecule is O=C(CN(C(=O)c1ccc([N+](=O)[O-])cc1)N1C(=O)[C@@H]2[C@H]3CC[C@@H](C3)[C@@H]2C1=O)c1cccc([N+](=O)[O-])c1. The van der Waals surface area contributed by atoms with Gasteiger partial charge in [-0.2, -0.15) is 5.01 Å². The first kappa shape index (κ1) is 23.3. The Labute approximate surface area is 203 Å². The zero-order valence-corrected chi connectivity index (χ0v) is 18.8. The van der Waals surface area contributed by atoms with Crippen LogP contribution in [-0.2, 0) is 9.59 Å². The number of carbonyl (C=O) groups excluding carboxylic acids is 4. The second-order valence-electron chi connectivity index (χ2n) is 9.27. The quantitative estimate of drug-likeness (QED) is 0.247. The maximum absolute atomic E-state index is 13.5. The highest BCUT2D eigenvalue weighted by Crippen LogP contribution is 2.56. The molecule has 184 valence electrons. The van der Waals surface area contributed by atoms with E-state index in [1.807, 2.05) is 0 Å². The molecule has 2 saturated carbocycles. The highest BCUT2D eigenvalue weighted by atomic mass is 16.6. The average molecular weight is 492 g/mol. The van der Waals surface area contributed by atoms with Gasteiger partial charge < -0.3 is 0 Å². The van der Waals surface area contributed by atoms with Crippen LogP contribution < -0.4 is 0 Å². The van der Waals surface area contributed by atoms with Crippen molar-refractivity contribution >= 4 is 34.9 Å². The van der Waals surface area contributed by atoms with E-state index in [0.29, 0.717) is 0 Å². The predicted octanol–water partition coefficient (Wildman–Crippen LogP) is 2.77. The summed E-state index contributed by atoms with van der Waals surface area (Å²) in [6, 6.07) is 9.50. The zero-order valence-electron chi connectivity index (χ0n) is 18.8. The maximum atomic E-state index is 13.5. The molecule has 2 aliphatic carbocycles. The molecular formula is C24H20N4O8. The number of hydrogen-bond acceptors (Lipinski definition) is 8. The average Bonchev–Trinajstić information content (AvgIpc) is 3.56. The summed E-state index contributed by atoms with van der Waals surface area (Å²) in [4.78, 5) is 74.2. The summed E-state index contributed by atoms with van der Waals surface area (Å²) in [6.07, 6.45) is 2.42. The van der Waals surface area contributed by atoms with Crippen LogP contribution in [0.25, 0.3) is 0 Å². The second kappa shape index (κ2) is 8.63. The highest BCUT2D eigenvalue weighted by Gasteiger charge is 2.62. The van der Waals surface area contributed by atoms with Gasteiger partial charge in [0.1, 0.15) is 6.54 Å². The van der Waals surface area contributed by atoms with Gasteiger partial charge in [-0.05, 0) is 43.2 Å². The molecule has 3 fully saturated rings. The summed E-state index contributed by atoms with van der Waals surface area (Å²) in [5, 5.41) is 23.6. The van der Waals surface area contributed by atoms with Crippen molar-refractivity contribution in [3.63, 3.8) is 0 Å². The van der Waals surface area contributed by atoms with E-state index >= 15 is 0 Å². The number of nitro benzene ring substituents is 2. The molecule has 2 bridgehead atoms. The van der Waals surface area contributed by atoms with E-state index in [-0.39, 0.29) is 34.3 Å². The normalized spacial score (nSPS) is 24.1. The van der Waals surface area contributed by atoms with Crippen LogP contribution in [0.5, 0.6) is 0 Å². The number of amides is 3. The number of hydrazine groups is 1. The molecule has 0 aromatic heterocycles. The third-order valence-electron chi connectivity index (χ3n) is 7.38. The lowest BCUT2D eigenvalue weighted by molar-refractivity contribution is -0.385. The zero-order chi connectivity index (χ0) is 25.7. The fraction of sp³-hybridized carbons (Fsp3) is 0.333. The topological polar surface area (TPSA) is 161 Å². The minimum absolute atomic E-state index is 0.0465. The molecule has 3 aliphatic rings. The van der Waals surface area contributed by atoms with E-state index in [9.17, 15) is 39.4 Å². The lowest BCUT2D eigenvalue weighted by Crippen LogP contribution is -2.52. The van der Waals surface area contributed by atoms with Crippen molar-refractivity contribution in [2.24, 2.45) is 23.7 Å². The van der Waals surface area contributed by atoms with E-state index < -0.39 is 51.7 Å². The van der Waals surface area contributed by atoms with Crippen LogP contribution in [0.4, 0.5) is 11.4 Å². The number of hydrogen-bond donors (Lipinski definition) is 0. The van der Waals surface area contributed by atoms with Gasteiger partial charge in [0.2, 0.25) is 0 Å². The molecule has 3 amide bonds. The molecule has 0 unspecified atom stereocenters. The van der Waals surface area contributed by atoms with Crippen molar-refractivity contribution in [3.05, 3.63) is 79.9 Å². The molecule has 4 atom stereocenters. The van der Waals surface area contributed by atoms with Crippen molar-refractivity contribution in [1.29, 1.82) is 0 Å². The Kier molecular flexibility index (Phi) is 5.58. The minimum Gasteiger partial charge on any atom is -0.292 e. The highest BCUT2D eigenvalue weighted by molar-refractivity contribution is 6.10. The Bertz CT molecular complexity index is 1300. The van der Waals surface area contributed by atoms with E-state index in [2.05, 4.69) is 0 Å². The molecule has 12 nitrogen and oxygen atoms in total. The van der Waals surface area contributed by atoms with Crippen LogP contribution in [-0.4, -0.2) is 49.9 Å². The summed E-state index contributed by atoms with van der Waals surface area (Å²) >= 11 is 0. The second-order valence-corrected chi connectivity index (χ2v) is 9.27. The Morgan fingerprint density at radius 2 is 1.44 bits per heavy atom. The molecule has 1 heterocycles. The van der Waals surface area contributed by atoms with Crippen LogP contribution in [0, 0.1) is 43.9 Å².